The summed E-state index contributed by atoms with van der Waals surface area (Å²) < 4.78 is 8.29. The van der Waals surface area contributed by atoms with Gasteiger partial charge in [-0.15, -0.1) is 0 Å². The highest BCUT2D eigenvalue weighted by atomic mass is 35.5. The molecule has 0 bridgehead atoms. The van der Waals surface area contributed by atoms with Gasteiger partial charge in [-0.2, -0.15) is 8.75 Å². The Morgan fingerprint density at radius 3 is 2.44 bits per heavy atom. The van der Waals surface area contributed by atoms with Crippen LogP contribution in [0.5, 0.6) is 0 Å². The Labute approximate surface area is 119 Å². The van der Waals surface area contributed by atoms with Gasteiger partial charge in [-0.25, -0.2) is 4.99 Å². The summed E-state index contributed by atoms with van der Waals surface area (Å²) in [5, 5.41) is 0.893. The summed E-state index contributed by atoms with van der Waals surface area (Å²) in [6, 6.07) is 1.61. The molecular weight excluding hydrogens is 291 g/mol. The third-order valence-electron chi connectivity index (χ3n) is 2.42. The molecule has 2 N–H and O–H groups in total. The number of rotatable bonds is 1. The zero-order valence-electron chi connectivity index (χ0n) is 10.2. The summed E-state index contributed by atoms with van der Waals surface area (Å²) >= 11 is 13.3. The molecule has 0 amide bonds. The number of hydrogen-bond donors (Lipinski definition) is 1. The zero-order chi connectivity index (χ0) is 13.5. The van der Waals surface area contributed by atoms with Gasteiger partial charge in [0.1, 0.15) is 22.6 Å². The maximum atomic E-state index is 6.15. The molecule has 0 saturated heterocycles. The molecule has 1 heterocycles. The monoisotopic (exact) mass is 302 g/mol. The Bertz CT molecular complexity index is 628. The Balaban J connectivity index is 2.68. The minimum Gasteiger partial charge on any atom is -0.387 e. The molecule has 1 aromatic carbocycles. The predicted molar refractivity (Wildman–Crippen MR) is 78.2 cm³/mol. The molecule has 0 unspecified atom stereocenters. The lowest BCUT2D eigenvalue weighted by Gasteiger charge is -2.17. The third kappa shape index (κ3) is 2.43. The van der Waals surface area contributed by atoms with E-state index in [0.29, 0.717) is 32.6 Å². The van der Waals surface area contributed by atoms with E-state index in [4.69, 9.17) is 28.9 Å². The molecule has 0 saturated carbocycles. The molecule has 0 aliphatic carbocycles. The van der Waals surface area contributed by atoms with E-state index in [1.54, 1.807) is 6.07 Å². The Morgan fingerprint density at radius 1 is 1.22 bits per heavy atom. The van der Waals surface area contributed by atoms with Crippen molar-refractivity contribution in [3.05, 3.63) is 16.1 Å². The van der Waals surface area contributed by atoms with Crippen LogP contribution in [-0.4, -0.2) is 14.6 Å². The van der Waals surface area contributed by atoms with E-state index in [2.05, 4.69) is 13.7 Å². The van der Waals surface area contributed by atoms with Crippen LogP contribution in [0.2, 0.25) is 10.0 Å². The number of nitrogens with two attached hydrogens (primary N) is 1. The van der Waals surface area contributed by atoms with E-state index >= 15 is 0 Å². The first-order valence-corrected chi connectivity index (χ1v) is 6.74. The van der Waals surface area contributed by atoms with Crippen molar-refractivity contribution in [2.45, 2.75) is 20.8 Å². The van der Waals surface area contributed by atoms with Crippen molar-refractivity contribution in [2.24, 2.45) is 16.1 Å². The zero-order valence-corrected chi connectivity index (χ0v) is 12.5. The van der Waals surface area contributed by atoms with Gasteiger partial charge in [0.2, 0.25) is 0 Å². The fourth-order valence-corrected chi connectivity index (χ4v) is 2.41. The number of aromatic nitrogens is 2. The minimum atomic E-state index is -0.237. The van der Waals surface area contributed by atoms with Crippen molar-refractivity contribution >= 4 is 57.5 Å². The van der Waals surface area contributed by atoms with Gasteiger partial charge in [0, 0.05) is 5.41 Å². The third-order valence-corrected chi connectivity index (χ3v) is 3.52. The van der Waals surface area contributed by atoms with Crippen LogP contribution in [0.1, 0.15) is 20.8 Å². The first-order chi connectivity index (χ1) is 8.30. The number of nitrogens with zero attached hydrogens (tertiary/aromatic N) is 3. The lowest BCUT2D eigenvalue weighted by molar-refractivity contribution is 0.585. The molecule has 2 rings (SSSR count). The predicted octanol–water partition coefficient (Wildman–Crippen LogP) is 4.03. The molecule has 2 aromatic rings. The van der Waals surface area contributed by atoms with Crippen molar-refractivity contribution in [3.8, 4) is 0 Å². The second-order valence-corrected chi connectivity index (χ2v) is 6.24. The van der Waals surface area contributed by atoms with Gasteiger partial charge in [0.05, 0.1) is 21.8 Å². The molecule has 18 heavy (non-hydrogen) atoms. The van der Waals surface area contributed by atoms with Gasteiger partial charge in [-0.1, -0.05) is 44.0 Å². The highest BCUT2D eigenvalue weighted by Gasteiger charge is 2.19. The Kier molecular flexibility index (Phi) is 3.49. The molecule has 0 radical (unpaired) electrons. The molecule has 0 fully saturated rings. The quantitative estimate of drug-likeness (QED) is 0.639. The van der Waals surface area contributed by atoms with Crippen molar-refractivity contribution in [3.63, 3.8) is 0 Å². The largest absolute Gasteiger partial charge is 0.387 e. The van der Waals surface area contributed by atoms with E-state index < -0.39 is 0 Å². The number of benzene rings is 1. The van der Waals surface area contributed by atoms with E-state index in [0.717, 1.165) is 11.7 Å². The lowest BCUT2D eigenvalue weighted by Crippen LogP contribution is -2.28. The van der Waals surface area contributed by atoms with E-state index in [-0.39, 0.29) is 5.41 Å². The molecular formula is C11H12Cl2N4S. The summed E-state index contributed by atoms with van der Waals surface area (Å²) in [5.74, 6) is 0.487. The summed E-state index contributed by atoms with van der Waals surface area (Å²) in [6.07, 6.45) is 0. The van der Waals surface area contributed by atoms with E-state index in [1.165, 1.54) is 0 Å². The van der Waals surface area contributed by atoms with Crippen LogP contribution in [0.15, 0.2) is 11.1 Å². The van der Waals surface area contributed by atoms with Crippen molar-refractivity contribution in [2.75, 3.05) is 0 Å². The SMILES string of the molecule is CC(C)(C)C(N)=Nc1c(Cl)cc(Cl)c2nsnc12. The fourth-order valence-electron chi connectivity index (χ4n) is 1.26. The minimum absolute atomic E-state index is 0.237. The highest BCUT2D eigenvalue weighted by Crippen LogP contribution is 2.37. The number of fused-ring (bicyclic) bond motifs is 1. The second kappa shape index (κ2) is 4.64. The lowest BCUT2D eigenvalue weighted by atomic mass is 9.95. The van der Waals surface area contributed by atoms with Gasteiger partial charge < -0.3 is 5.73 Å². The van der Waals surface area contributed by atoms with Crippen molar-refractivity contribution in [1.29, 1.82) is 0 Å². The van der Waals surface area contributed by atoms with Gasteiger partial charge in [0.25, 0.3) is 0 Å². The van der Waals surface area contributed by atoms with Crippen LogP contribution < -0.4 is 5.73 Å². The number of hydrogen-bond acceptors (Lipinski definition) is 4. The summed E-state index contributed by atoms with van der Waals surface area (Å²) in [4.78, 5) is 4.38. The van der Waals surface area contributed by atoms with Crippen molar-refractivity contribution < 1.29 is 0 Å². The average Bonchev–Trinajstić information content (AvgIpc) is 2.71. The van der Waals surface area contributed by atoms with Crippen LogP contribution in [-0.2, 0) is 0 Å². The first-order valence-electron chi connectivity index (χ1n) is 5.25. The molecule has 0 atom stereocenters. The molecule has 0 spiro atoms. The molecule has 1 aromatic heterocycles. The smallest absolute Gasteiger partial charge is 0.133 e. The van der Waals surface area contributed by atoms with E-state index in [1.807, 2.05) is 20.8 Å². The van der Waals surface area contributed by atoms with Crippen LogP contribution in [0.3, 0.4) is 0 Å². The highest BCUT2D eigenvalue weighted by molar-refractivity contribution is 7.00. The molecule has 4 nitrogen and oxygen atoms in total. The van der Waals surface area contributed by atoms with Crippen LogP contribution in [0.4, 0.5) is 5.69 Å². The average molecular weight is 303 g/mol. The molecule has 7 heteroatoms. The van der Waals surface area contributed by atoms with Gasteiger partial charge in [0.15, 0.2) is 0 Å². The van der Waals surface area contributed by atoms with Crippen LogP contribution >= 0.6 is 34.9 Å². The maximum absolute atomic E-state index is 6.15. The first kappa shape index (κ1) is 13.5. The molecule has 0 aliphatic heterocycles. The van der Waals surface area contributed by atoms with E-state index in [9.17, 15) is 0 Å². The maximum Gasteiger partial charge on any atom is 0.133 e. The van der Waals surface area contributed by atoms with Gasteiger partial charge in [-0.05, 0) is 6.07 Å². The van der Waals surface area contributed by atoms with Gasteiger partial charge >= 0.3 is 0 Å². The Hall–Kier alpha value is -0.910. The summed E-state index contributed by atoms with van der Waals surface area (Å²) in [6.45, 7) is 5.93. The topological polar surface area (TPSA) is 64.2 Å². The molecule has 96 valence electrons. The van der Waals surface area contributed by atoms with Crippen LogP contribution in [0.25, 0.3) is 11.0 Å². The molecule has 0 aliphatic rings. The summed E-state index contributed by atoms with van der Waals surface area (Å²) in [7, 11) is 0. The second-order valence-electron chi connectivity index (χ2n) is 4.90. The number of aliphatic imine (C=N–C) groups is 1. The van der Waals surface area contributed by atoms with Gasteiger partial charge in [-0.3, -0.25) is 0 Å². The number of amidine groups is 1. The van der Waals surface area contributed by atoms with Crippen LogP contribution in [0, 0.1) is 5.41 Å². The number of halogens is 2. The normalized spacial score (nSPS) is 13.3. The fraction of sp³-hybridized carbons (Fsp3) is 0.364. The standard InChI is InChI=1S/C11H12Cl2N4S/c1-11(2,3)10(14)15-7-5(12)4-6(13)8-9(7)17-18-16-8/h4H,1-3H3,(H2,14,15). The Morgan fingerprint density at radius 2 is 1.83 bits per heavy atom. The van der Waals surface area contributed by atoms with Crippen molar-refractivity contribution in [1.82, 2.24) is 8.75 Å². The summed E-state index contributed by atoms with van der Waals surface area (Å²) in [5.41, 5.74) is 7.44.